The summed E-state index contributed by atoms with van der Waals surface area (Å²) in [6.07, 6.45) is 2.18. The molecule has 1 aliphatic heterocycles. The van der Waals surface area contributed by atoms with E-state index in [1.165, 1.54) is 17.1 Å². The van der Waals surface area contributed by atoms with Crippen LogP contribution in [0.15, 0.2) is 85.2 Å². The zero-order valence-corrected chi connectivity index (χ0v) is 19.0. The Balaban J connectivity index is 1.53. The largest absolute Gasteiger partial charge is 0.496 e. The minimum absolute atomic E-state index is 0.0618. The molecule has 1 aliphatic rings. The van der Waals surface area contributed by atoms with Gasteiger partial charge in [-0.05, 0) is 35.4 Å². The molecule has 1 amide bonds. The van der Waals surface area contributed by atoms with Gasteiger partial charge >= 0.3 is 5.69 Å². The van der Waals surface area contributed by atoms with E-state index in [0.29, 0.717) is 17.9 Å². The number of hydrogen-bond donors (Lipinski definition) is 1. The highest BCUT2D eigenvalue weighted by molar-refractivity contribution is 6.01. The zero-order valence-electron chi connectivity index (χ0n) is 19.0. The Labute approximate surface area is 201 Å². The van der Waals surface area contributed by atoms with E-state index in [1.807, 2.05) is 77.7 Å². The molecule has 176 valence electrons. The van der Waals surface area contributed by atoms with E-state index in [0.717, 1.165) is 22.4 Å². The molecule has 1 N–H and O–H groups in total. The van der Waals surface area contributed by atoms with Crippen LogP contribution in [-0.2, 0) is 13.1 Å². The lowest BCUT2D eigenvalue weighted by Crippen LogP contribution is -2.42. The third-order valence-electron chi connectivity index (χ3n) is 6.00. The fourth-order valence-corrected chi connectivity index (χ4v) is 4.30. The number of benzene rings is 3. The molecule has 0 fully saturated rings. The predicted octanol–water partition coefficient (Wildman–Crippen LogP) is 4.61. The number of carbonyl (C=O) groups is 1. The normalized spacial score (nSPS) is 14.8. The van der Waals surface area contributed by atoms with Crippen molar-refractivity contribution in [2.45, 2.75) is 19.3 Å². The van der Waals surface area contributed by atoms with E-state index < -0.39 is 11.1 Å². The van der Waals surface area contributed by atoms with Gasteiger partial charge in [-0.25, -0.2) is 0 Å². The van der Waals surface area contributed by atoms with Gasteiger partial charge in [0.15, 0.2) is 0 Å². The lowest BCUT2D eigenvalue weighted by Gasteiger charge is -2.38. The number of aromatic nitrogens is 2. The van der Waals surface area contributed by atoms with Gasteiger partial charge in [-0.1, -0.05) is 48.5 Å². The number of nitrogens with one attached hydrogen (secondary N) is 1. The Bertz CT molecular complexity index is 1390. The number of amides is 1. The molecule has 1 unspecified atom stereocenters. The van der Waals surface area contributed by atoms with Gasteiger partial charge in [0, 0.05) is 17.8 Å². The van der Waals surface area contributed by atoms with Crippen LogP contribution in [0.4, 0.5) is 11.4 Å². The highest BCUT2D eigenvalue weighted by Crippen LogP contribution is 2.36. The third-order valence-corrected chi connectivity index (χ3v) is 6.00. The average molecular weight is 470 g/mol. The summed E-state index contributed by atoms with van der Waals surface area (Å²) in [7, 11) is 1.57. The molecule has 0 spiro atoms. The average Bonchev–Trinajstić information content (AvgIpc) is 3.35. The molecule has 3 aromatic carbocycles. The van der Waals surface area contributed by atoms with E-state index in [9.17, 15) is 14.9 Å². The van der Waals surface area contributed by atoms with Gasteiger partial charge in [-0.15, -0.1) is 0 Å². The zero-order chi connectivity index (χ0) is 24.4. The van der Waals surface area contributed by atoms with Crippen molar-refractivity contribution in [3.63, 3.8) is 0 Å². The van der Waals surface area contributed by atoms with Crippen LogP contribution in [0.25, 0.3) is 0 Å². The first-order valence-corrected chi connectivity index (χ1v) is 11.1. The Morgan fingerprint density at radius 2 is 1.83 bits per heavy atom. The standard InChI is InChI=1S/C26H23N5O4/c1-35-24-12-11-19(13-20(24)16-29-17-21(14-27-29)31(33)34)25-28-23-10-6-5-9-22(23)26(32)30(25)15-18-7-3-2-4-8-18/h2-14,17,25,28H,15-16H2,1H3. The van der Waals surface area contributed by atoms with Gasteiger partial charge in [0.05, 0.1) is 24.1 Å². The highest BCUT2D eigenvalue weighted by atomic mass is 16.6. The summed E-state index contributed by atoms with van der Waals surface area (Å²) < 4.78 is 7.03. The van der Waals surface area contributed by atoms with Crippen molar-refractivity contribution in [3.05, 3.63) is 118 Å². The van der Waals surface area contributed by atoms with Crippen molar-refractivity contribution in [3.8, 4) is 5.75 Å². The molecule has 0 saturated heterocycles. The molecule has 9 nitrogen and oxygen atoms in total. The molecule has 0 radical (unpaired) electrons. The number of hydrogen-bond acceptors (Lipinski definition) is 6. The van der Waals surface area contributed by atoms with E-state index in [2.05, 4.69) is 10.4 Å². The van der Waals surface area contributed by atoms with E-state index in [-0.39, 0.29) is 18.1 Å². The van der Waals surface area contributed by atoms with Crippen LogP contribution in [0.5, 0.6) is 5.75 Å². The number of methoxy groups -OCH3 is 1. The first-order chi connectivity index (χ1) is 17.0. The molecule has 0 saturated carbocycles. The van der Waals surface area contributed by atoms with Crippen LogP contribution in [0, 0.1) is 10.1 Å². The summed E-state index contributed by atoms with van der Waals surface area (Å²) in [5, 5.41) is 18.7. The topological polar surface area (TPSA) is 103 Å². The maximum absolute atomic E-state index is 13.6. The Hall–Kier alpha value is -4.66. The van der Waals surface area contributed by atoms with Gasteiger partial charge < -0.3 is 15.0 Å². The molecule has 35 heavy (non-hydrogen) atoms. The molecular formula is C26H23N5O4. The molecule has 1 atom stereocenters. The van der Waals surface area contributed by atoms with Gasteiger partial charge in [-0.3, -0.25) is 19.6 Å². The Morgan fingerprint density at radius 3 is 2.57 bits per heavy atom. The molecule has 5 rings (SSSR count). The first kappa shape index (κ1) is 22.1. The van der Waals surface area contributed by atoms with Crippen LogP contribution in [-0.4, -0.2) is 32.6 Å². The van der Waals surface area contributed by atoms with Gasteiger partial charge in [0.25, 0.3) is 5.91 Å². The first-order valence-electron chi connectivity index (χ1n) is 11.1. The minimum atomic E-state index is -0.479. The number of nitrogens with zero attached hydrogens (tertiary/aromatic N) is 4. The highest BCUT2D eigenvalue weighted by Gasteiger charge is 2.33. The quantitative estimate of drug-likeness (QED) is 0.313. The number of nitro groups is 1. The van der Waals surface area contributed by atoms with Gasteiger partial charge in [0.2, 0.25) is 0 Å². The molecule has 9 heteroatoms. The van der Waals surface area contributed by atoms with Crippen molar-refractivity contribution >= 4 is 17.3 Å². The number of carbonyl (C=O) groups excluding carboxylic acids is 1. The maximum atomic E-state index is 13.6. The molecule has 4 aromatic rings. The van der Waals surface area contributed by atoms with Crippen LogP contribution in [0.3, 0.4) is 0 Å². The summed E-state index contributed by atoms with van der Waals surface area (Å²) in [6.45, 7) is 0.708. The SMILES string of the molecule is COc1ccc(C2Nc3ccccc3C(=O)N2Cc2ccccc2)cc1Cn1cc([N+](=O)[O-])cn1. The summed E-state index contributed by atoms with van der Waals surface area (Å²) in [6, 6.07) is 23.0. The van der Waals surface area contributed by atoms with Crippen LogP contribution < -0.4 is 10.1 Å². The van der Waals surface area contributed by atoms with Crippen molar-refractivity contribution in [2.24, 2.45) is 0 Å². The van der Waals surface area contributed by atoms with E-state index in [4.69, 9.17) is 4.74 Å². The van der Waals surface area contributed by atoms with Crippen molar-refractivity contribution in [1.29, 1.82) is 0 Å². The van der Waals surface area contributed by atoms with Crippen LogP contribution >= 0.6 is 0 Å². The van der Waals surface area contributed by atoms with E-state index >= 15 is 0 Å². The number of rotatable bonds is 7. The van der Waals surface area contributed by atoms with Crippen molar-refractivity contribution in [1.82, 2.24) is 14.7 Å². The molecule has 2 heterocycles. The molecule has 1 aromatic heterocycles. The molecule has 0 aliphatic carbocycles. The van der Waals surface area contributed by atoms with Gasteiger partial charge in [-0.2, -0.15) is 5.10 Å². The summed E-state index contributed by atoms with van der Waals surface area (Å²) in [5.74, 6) is 0.567. The predicted molar refractivity (Wildman–Crippen MR) is 130 cm³/mol. The van der Waals surface area contributed by atoms with Gasteiger partial charge in [0.1, 0.15) is 24.3 Å². The number of anilines is 1. The molecular weight excluding hydrogens is 446 g/mol. The van der Waals surface area contributed by atoms with Crippen molar-refractivity contribution in [2.75, 3.05) is 12.4 Å². The monoisotopic (exact) mass is 469 g/mol. The summed E-state index contributed by atoms with van der Waals surface area (Å²) in [4.78, 5) is 25.9. The number of fused-ring (bicyclic) bond motifs is 1. The Kier molecular flexibility index (Phi) is 5.88. The second kappa shape index (κ2) is 9.30. The maximum Gasteiger partial charge on any atom is 0.307 e. The minimum Gasteiger partial charge on any atom is -0.496 e. The van der Waals surface area contributed by atoms with Crippen molar-refractivity contribution < 1.29 is 14.5 Å². The second-order valence-corrected chi connectivity index (χ2v) is 8.24. The fourth-order valence-electron chi connectivity index (χ4n) is 4.30. The van der Waals surface area contributed by atoms with Crippen LogP contribution in [0.1, 0.15) is 33.2 Å². The Morgan fingerprint density at radius 1 is 1.06 bits per heavy atom. The second-order valence-electron chi connectivity index (χ2n) is 8.24. The fraction of sp³-hybridized carbons (Fsp3) is 0.154. The summed E-state index contributed by atoms with van der Waals surface area (Å²) >= 11 is 0. The lowest BCUT2D eigenvalue weighted by molar-refractivity contribution is -0.385. The smallest absolute Gasteiger partial charge is 0.307 e. The van der Waals surface area contributed by atoms with Crippen LogP contribution in [0.2, 0.25) is 0 Å². The summed E-state index contributed by atoms with van der Waals surface area (Å²) in [5.41, 5.74) is 3.98. The number of para-hydroxylation sites is 1. The molecule has 0 bridgehead atoms. The third kappa shape index (κ3) is 4.43. The van der Waals surface area contributed by atoms with E-state index in [1.54, 1.807) is 7.11 Å². The number of ether oxygens (including phenoxy) is 1. The lowest BCUT2D eigenvalue weighted by atomic mass is 10.0.